The van der Waals surface area contributed by atoms with Crippen LogP contribution < -0.4 is 5.73 Å². The van der Waals surface area contributed by atoms with Crippen molar-refractivity contribution in [2.75, 3.05) is 11.5 Å². The first-order valence-electron chi connectivity index (χ1n) is 5.10. The molecule has 1 unspecified atom stereocenters. The highest BCUT2D eigenvalue weighted by Gasteiger charge is 2.22. The lowest BCUT2D eigenvalue weighted by Crippen LogP contribution is -1.86. The standard InChI is InChI=1S/C11H12N2OS/c12-7-3-4-8-9(6-7)14-11(13-8)10-2-1-5-15-10/h3-4,6,10H,1-2,5,12H2. The topological polar surface area (TPSA) is 52.0 Å². The molecule has 1 aromatic carbocycles. The summed E-state index contributed by atoms with van der Waals surface area (Å²) in [7, 11) is 0. The lowest BCUT2D eigenvalue weighted by atomic mass is 10.2. The van der Waals surface area contributed by atoms with Crippen molar-refractivity contribution in [1.82, 2.24) is 4.98 Å². The van der Waals surface area contributed by atoms with Crippen molar-refractivity contribution >= 4 is 28.5 Å². The van der Waals surface area contributed by atoms with Gasteiger partial charge in [-0.1, -0.05) is 0 Å². The first-order chi connectivity index (χ1) is 7.33. The maximum atomic E-state index is 5.72. The number of oxazole rings is 1. The number of rotatable bonds is 1. The van der Waals surface area contributed by atoms with Crippen molar-refractivity contribution in [2.24, 2.45) is 0 Å². The predicted octanol–water partition coefficient (Wildman–Crippen LogP) is 2.98. The van der Waals surface area contributed by atoms with Crippen molar-refractivity contribution in [3.63, 3.8) is 0 Å². The van der Waals surface area contributed by atoms with Crippen LogP contribution in [0.25, 0.3) is 11.1 Å². The number of nitrogens with zero attached hydrogens (tertiary/aromatic N) is 1. The van der Waals surface area contributed by atoms with Crippen molar-refractivity contribution in [3.8, 4) is 0 Å². The molecule has 0 radical (unpaired) electrons. The molecule has 1 aromatic heterocycles. The van der Waals surface area contributed by atoms with Crippen LogP contribution in [0.2, 0.25) is 0 Å². The SMILES string of the molecule is Nc1ccc2nc(C3CCCS3)oc2c1. The van der Waals surface area contributed by atoms with E-state index < -0.39 is 0 Å². The number of thioether (sulfide) groups is 1. The molecule has 2 aromatic rings. The quantitative estimate of drug-likeness (QED) is 0.751. The summed E-state index contributed by atoms with van der Waals surface area (Å²) in [6, 6.07) is 5.61. The Bertz CT molecular complexity index is 488. The van der Waals surface area contributed by atoms with Gasteiger partial charge in [-0.2, -0.15) is 0 Å². The molecule has 0 spiro atoms. The van der Waals surface area contributed by atoms with E-state index in [1.54, 1.807) is 0 Å². The van der Waals surface area contributed by atoms with E-state index in [1.807, 2.05) is 30.0 Å². The molecule has 2 N–H and O–H groups in total. The maximum absolute atomic E-state index is 5.72. The number of fused-ring (bicyclic) bond motifs is 1. The van der Waals surface area contributed by atoms with Gasteiger partial charge in [0.25, 0.3) is 0 Å². The zero-order valence-corrected chi connectivity index (χ0v) is 9.09. The van der Waals surface area contributed by atoms with Gasteiger partial charge in [0, 0.05) is 11.8 Å². The normalized spacial score (nSPS) is 21.2. The second-order valence-electron chi connectivity index (χ2n) is 3.78. The summed E-state index contributed by atoms with van der Waals surface area (Å²) in [4.78, 5) is 4.49. The molecule has 2 heterocycles. The van der Waals surface area contributed by atoms with Gasteiger partial charge in [0.1, 0.15) is 5.52 Å². The molecule has 0 amide bonds. The second kappa shape index (κ2) is 3.45. The zero-order valence-electron chi connectivity index (χ0n) is 8.27. The molecule has 1 saturated heterocycles. The van der Waals surface area contributed by atoms with Gasteiger partial charge in [-0.3, -0.25) is 0 Å². The Morgan fingerprint density at radius 1 is 1.47 bits per heavy atom. The molecule has 3 rings (SSSR count). The van der Waals surface area contributed by atoms with Crippen LogP contribution in [0.3, 0.4) is 0 Å². The predicted molar refractivity (Wildman–Crippen MR) is 62.9 cm³/mol. The largest absolute Gasteiger partial charge is 0.439 e. The van der Waals surface area contributed by atoms with Crippen molar-refractivity contribution < 1.29 is 4.42 Å². The molecule has 78 valence electrons. The van der Waals surface area contributed by atoms with Crippen LogP contribution in [0.15, 0.2) is 22.6 Å². The van der Waals surface area contributed by atoms with Crippen molar-refractivity contribution in [2.45, 2.75) is 18.1 Å². The van der Waals surface area contributed by atoms with Gasteiger partial charge in [-0.25, -0.2) is 4.98 Å². The molecule has 0 bridgehead atoms. The van der Waals surface area contributed by atoms with Crippen LogP contribution in [-0.2, 0) is 0 Å². The van der Waals surface area contributed by atoms with E-state index in [4.69, 9.17) is 10.2 Å². The summed E-state index contributed by atoms with van der Waals surface area (Å²) >= 11 is 1.93. The van der Waals surface area contributed by atoms with Gasteiger partial charge in [0.15, 0.2) is 5.58 Å². The van der Waals surface area contributed by atoms with E-state index in [1.165, 1.54) is 18.6 Å². The van der Waals surface area contributed by atoms with Gasteiger partial charge in [0.2, 0.25) is 5.89 Å². The fourth-order valence-corrected chi connectivity index (χ4v) is 3.06. The lowest BCUT2D eigenvalue weighted by Gasteiger charge is -2.00. The highest BCUT2D eigenvalue weighted by atomic mass is 32.2. The Morgan fingerprint density at radius 3 is 3.20 bits per heavy atom. The van der Waals surface area contributed by atoms with E-state index in [0.717, 1.165) is 22.7 Å². The fourth-order valence-electron chi connectivity index (χ4n) is 1.87. The Labute approximate surface area is 92.0 Å². The maximum Gasteiger partial charge on any atom is 0.208 e. The van der Waals surface area contributed by atoms with E-state index in [2.05, 4.69) is 4.98 Å². The highest BCUT2D eigenvalue weighted by molar-refractivity contribution is 7.99. The number of hydrogen-bond acceptors (Lipinski definition) is 4. The van der Waals surface area contributed by atoms with Crippen molar-refractivity contribution in [3.05, 3.63) is 24.1 Å². The number of nitrogens with two attached hydrogens (primary N) is 1. The molecule has 3 nitrogen and oxygen atoms in total. The van der Waals surface area contributed by atoms with Gasteiger partial charge in [-0.05, 0) is 30.7 Å². The smallest absolute Gasteiger partial charge is 0.208 e. The zero-order chi connectivity index (χ0) is 10.3. The summed E-state index contributed by atoms with van der Waals surface area (Å²) in [5, 5.41) is 0.443. The number of anilines is 1. The van der Waals surface area contributed by atoms with Crippen LogP contribution >= 0.6 is 11.8 Å². The summed E-state index contributed by atoms with van der Waals surface area (Å²) in [6.45, 7) is 0. The molecule has 4 heteroatoms. The average molecular weight is 220 g/mol. The summed E-state index contributed by atoms with van der Waals surface area (Å²) in [5.74, 6) is 2.07. The van der Waals surface area contributed by atoms with Crippen LogP contribution in [0.1, 0.15) is 24.0 Å². The Hall–Kier alpha value is -1.16. The molecule has 1 fully saturated rings. The minimum absolute atomic E-state index is 0.443. The van der Waals surface area contributed by atoms with E-state index >= 15 is 0 Å². The molecule has 1 aliphatic rings. The van der Waals surface area contributed by atoms with Crippen LogP contribution in [-0.4, -0.2) is 10.7 Å². The molecular formula is C11H12N2OS. The third-order valence-electron chi connectivity index (χ3n) is 2.63. The number of aromatic nitrogens is 1. The Balaban J connectivity index is 2.05. The molecular weight excluding hydrogens is 208 g/mol. The van der Waals surface area contributed by atoms with Gasteiger partial charge < -0.3 is 10.2 Å². The summed E-state index contributed by atoms with van der Waals surface area (Å²) < 4.78 is 5.72. The van der Waals surface area contributed by atoms with Gasteiger partial charge in [0.05, 0.1) is 5.25 Å². The van der Waals surface area contributed by atoms with Crippen LogP contribution in [0.4, 0.5) is 5.69 Å². The summed E-state index contributed by atoms with van der Waals surface area (Å²) in [6.07, 6.45) is 2.43. The van der Waals surface area contributed by atoms with E-state index in [9.17, 15) is 0 Å². The average Bonchev–Trinajstić information content (AvgIpc) is 2.84. The number of benzene rings is 1. The number of hydrogen-bond donors (Lipinski definition) is 1. The minimum atomic E-state index is 0.443. The van der Waals surface area contributed by atoms with Crippen LogP contribution in [0, 0.1) is 0 Å². The fraction of sp³-hybridized carbons (Fsp3) is 0.364. The first-order valence-corrected chi connectivity index (χ1v) is 6.15. The Morgan fingerprint density at radius 2 is 2.40 bits per heavy atom. The highest BCUT2D eigenvalue weighted by Crippen LogP contribution is 2.40. The molecule has 0 saturated carbocycles. The number of nitrogen functional groups attached to an aromatic ring is 1. The third kappa shape index (κ3) is 1.59. The molecule has 15 heavy (non-hydrogen) atoms. The third-order valence-corrected chi connectivity index (χ3v) is 4.00. The van der Waals surface area contributed by atoms with E-state index in [0.29, 0.717) is 5.25 Å². The molecule has 1 atom stereocenters. The van der Waals surface area contributed by atoms with E-state index in [-0.39, 0.29) is 0 Å². The Kier molecular flexibility index (Phi) is 2.09. The second-order valence-corrected chi connectivity index (χ2v) is 5.09. The summed E-state index contributed by atoms with van der Waals surface area (Å²) in [5.41, 5.74) is 8.13. The molecule has 0 aliphatic carbocycles. The molecule has 1 aliphatic heterocycles. The van der Waals surface area contributed by atoms with Crippen molar-refractivity contribution in [1.29, 1.82) is 0 Å². The van der Waals surface area contributed by atoms with Gasteiger partial charge in [-0.15, -0.1) is 11.8 Å². The minimum Gasteiger partial charge on any atom is -0.439 e. The van der Waals surface area contributed by atoms with Crippen LogP contribution in [0.5, 0.6) is 0 Å². The lowest BCUT2D eigenvalue weighted by molar-refractivity contribution is 0.519. The first kappa shape index (κ1) is 9.09. The monoisotopic (exact) mass is 220 g/mol. The van der Waals surface area contributed by atoms with Gasteiger partial charge >= 0.3 is 0 Å².